The summed E-state index contributed by atoms with van der Waals surface area (Å²) in [6.45, 7) is 0.227. The van der Waals surface area contributed by atoms with E-state index in [9.17, 15) is 14.0 Å². The topological polar surface area (TPSA) is 80.4 Å². The zero-order chi connectivity index (χ0) is 20.7. The van der Waals surface area contributed by atoms with Crippen LogP contribution in [0.1, 0.15) is 18.2 Å². The molecule has 0 saturated heterocycles. The molecule has 2 amide bonds. The number of rotatable bonds is 5. The second kappa shape index (κ2) is 7.14. The standard InChI is InChI=1S/C22H17FN4O3/c23-14-7-9-15(10-8-14)24-20(28)12-19-21(29)26(13-16-4-3-11-30-16)22-25-17-5-1-2-6-18(17)27(19)22/h1-11,19H,12-13H2,(H,24,28)/t19-/m0/s1. The summed E-state index contributed by atoms with van der Waals surface area (Å²) in [4.78, 5) is 32.0. The minimum Gasteiger partial charge on any atom is -0.467 e. The van der Waals surface area contributed by atoms with Gasteiger partial charge in [0.1, 0.15) is 17.6 Å². The van der Waals surface area contributed by atoms with Gasteiger partial charge in [-0.15, -0.1) is 0 Å². The molecular weight excluding hydrogens is 387 g/mol. The molecule has 30 heavy (non-hydrogen) atoms. The van der Waals surface area contributed by atoms with E-state index in [1.807, 2.05) is 24.3 Å². The summed E-state index contributed by atoms with van der Waals surface area (Å²) in [7, 11) is 0. The van der Waals surface area contributed by atoms with Crippen LogP contribution in [-0.4, -0.2) is 21.4 Å². The monoisotopic (exact) mass is 404 g/mol. The Morgan fingerprint density at radius 2 is 1.90 bits per heavy atom. The van der Waals surface area contributed by atoms with Gasteiger partial charge in [-0.3, -0.25) is 19.1 Å². The van der Waals surface area contributed by atoms with Crippen LogP contribution in [0, 0.1) is 5.82 Å². The van der Waals surface area contributed by atoms with Crippen molar-refractivity contribution in [3.63, 3.8) is 0 Å². The number of hydrogen-bond acceptors (Lipinski definition) is 4. The molecule has 150 valence electrons. The summed E-state index contributed by atoms with van der Waals surface area (Å²) in [5, 5.41) is 2.72. The summed E-state index contributed by atoms with van der Waals surface area (Å²) in [5.41, 5.74) is 1.99. The number of halogens is 1. The number of benzene rings is 2. The average molecular weight is 404 g/mol. The summed E-state index contributed by atoms with van der Waals surface area (Å²) < 4.78 is 20.3. The molecule has 0 unspecified atom stereocenters. The quantitative estimate of drug-likeness (QED) is 0.547. The highest BCUT2D eigenvalue weighted by Gasteiger charge is 2.41. The molecule has 1 aliphatic heterocycles. The Kier molecular flexibility index (Phi) is 4.31. The molecule has 4 aromatic rings. The summed E-state index contributed by atoms with van der Waals surface area (Å²) in [5.74, 6) is 0.148. The van der Waals surface area contributed by atoms with E-state index in [0.717, 1.165) is 11.0 Å². The second-order valence-electron chi connectivity index (χ2n) is 7.05. The van der Waals surface area contributed by atoms with Crippen LogP contribution in [0.15, 0.2) is 71.3 Å². The van der Waals surface area contributed by atoms with Gasteiger partial charge < -0.3 is 9.73 Å². The third kappa shape index (κ3) is 3.12. The molecule has 5 rings (SSSR count). The molecule has 7 nitrogen and oxygen atoms in total. The number of furan rings is 1. The van der Waals surface area contributed by atoms with Crippen LogP contribution in [0.4, 0.5) is 16.0 Å². The van der Waals surface area contributed by atoms with Crippen LogP contribution >= 0.6 is 0 Å². The lowest BCUT2D eigenvalue weighted by Crippen LogP contribution is -2.31. The van der Waals surface area contributed by atoms with E-state index in [1.165, 1.54) is 29.2 Å². The fourth-order valence-corrected chi connectivity index (χ4v) is 3.72. The number of imidazole rings is 1. The van der Waals surface area contributed by atoms with Crippen molar-refractivity contribution < 1.29 is 18.4 Å². The summed E-state index contributed by atoms with van der Waals surface area (Å²) in [6.07, 6.45) is 1.48. The van der Waals surface area contributed by atoms with Gasteiger partial charge >= 0.3 is 0 Å². The average Bonchev–Trinajstić information content (AvgIpc) is 3.44. The Bertz CT molecular complexity index is 1230. The van der Waals surface area contributed by atoms with E-state index >= 15 is 0 Å². The number of nitrogens with zero attached hydrogens (tertiary/aromatic N) is 3. The molecule has 2 aromatic carbocycles. The first-order valence-corrected chi connectivity index (χ1v) is 9.46. The molecule has 1 aliphatic rings. The van der Waals surface area contributed by atoms with Gasteiger partial charge in [0.2, 0.25) is 11.9 Å². The van der Waals surface area contributed by atoms with Crippen LogP contribution in [0.25, 0.3) is 11.0 Å². The van der Waals surface area contributed by atoms with Crippen molar-refractivity contribution in [1.82, 2.24) is 9.55 Å². The Morgan fingerprint density at radius 1 is 1.10 bits per heavy atom. The highest BCUT2D eigenvalue weighted by atomic mass is 19.1. The highest BCUT2D eigenvalue weighted by molar-refractivity contribution is 6.05. The number of amides is 2. The first-order chi connectivity index (χ1) is 14.6. The van der Waals surface area contributed by atoms with Gasteiger partial charge in [-0.25, -0.2) is 9.37 Å². The number of para-hydroxylation sites is 2. The number of nitrogens with one attached hydrogen (secondary N) is 1. The van der Waals surface area contributed by atoms with Gasteiger partial charge in [-0.2, -0.15) is 0 Å². The van der Waals surface area contributed by atoms with Gasteiger partial charge in [0.15, 0.2) is 0 Å². The van der Waals surface area contributed by atoms with E-state index in [1.54, 1.807) is 23.0 Å². The predicted octanol–water partition coefficient (Wildman–Crippen LogP) is 3.89. The first kappa shape index (κ1) is 18.1. The number of carbonyl (C=O) groups is 2. The Labute approximate surface area is 170 Å². The molecule has 1 N–H and O–H groups in total. The zero-order valence-electron chi connectivity index (χ0n) is 15.8. The molecule has 0 fully saturated rings. The molecule has 2 aromatic heterocycles. The molecule has 0 saturated carbocycles. The normalized spacial score (nSPS) is 15.6. The number of anilines is 2. The Morgan fingerprint density at radius 3 is 2.67 bits per heavy atom. The predicted molar refractivity (Wildman–Crippen MR) is 108 cm³/mol. The second-order valence-corrected chi connectivity index (χ2v) is 7.05. The molecule has 3 heterocycles. The van der Waals surface area contributed by atoms with Crippen molar-refractivity contribution >= 4 is 34.5 Å². The minimum absolute atomic E-state index is 0.0712. The van der Waals surface area contributed by atoms with E-state index < -0.39 is 6.04 Å². The molecule has 0 radical (unpaired) electrons. The van der Waals surface area contributed by atoms with Crippen molar-refractivity contribution in [2.45, 2.75) is 19.0 Å². The van der Waals surface area contributed by atoms with Crippen LogP contribution in [0.5, 0.6) is 0 Å². The summed E-state index contributed by atoms with van der Waals surface area (Å²) >= 11 is 0. The Hall–Kier alpha value is -3.94. The Balaban J connectivity index is 1.46. The van der Waals surface area contributed by atoms with E-state index in [-0.39, 0.29) is 30.6 Å². The van der Waals surface area contributed by atoms with Crippen molar-refractivity contribution in [3.05, 3.63) is 78.5 Å². The lowest BCUT2D eigenvalue weighted by atomic mass is 10.1. The summed E-state index contributed by atoms with van der Waals surface area (Å²) in [6, 6.07) is 15.8. The lowest BCUT2D eigenvalue weighted by Gasteiger charge is -2.15. The lowest BCUT2D eigenvalue weighted by molar-refractivity contribution is -0.124. The van der Waals surface area contributed by atoms with E-state index in [4.69, 9.17) is 4.42 Å². The number of fused-ring (bicyclic) bond motifs is 3. The van der Waals surface area contributed by atoms with Gasteiger partial charge in [-0.05, 0) is 48.5 Å². The largest absolute Gasteiger partial charge is 0.467 e. The van der Waals surface area contributed by atoms with Crippen molar-refractivity contribution in [3.8, 4) is 0 Å². The molecular formula is C22H17FN4O3. The number of hydrogen-bond donors (Lipinski definition) is 1. The fourth-order valence-electron chi connectivity index (χ4n) is 3.72. The third-order valence-corrected chi connectivity index (χ3v) is 5.08. The van der Waals surface area contributed by atoms with Crippen LogP contribution in [0.3, 0.4) is 0 Å². The molecule has 8 heteroatoms. The van der Waals surface area contributed by atoms with Gasteiger partial charge in [0.05, 0.1) is 30.3 Å². The molecule has 1 atom stereocenters. The van der Waals surface area contributed by atoms with Gasteiger partial charge in [-0.1, -0.05) is 12.1 Å². The maximum absolute atomic E-state index is 13.2. The molecule has 0 bridgehead atoms. The molecule has 0 spiro atoms. The van der Waals surface area contributed by atoms with Crippen LogP contribution in [0.2, 0.25) is 0 Å². The van der Waals surface area contributed by atoms with Crippen molar-refractivity contribution in [2.24, 2.45) is 0 Å². The van der Waals surface area contributed by atoms with Gasteiger partial charge in [0.25, 0.3) is 5.91 Å². The van der Waals surface area contributed by atoms with Crippen LogP contribution in [-0.2, 0) is 16.1 Å². The van der Waals surface area contributed by atoms with Gasteiger partial charge in [0, 0.05) is 5.69 Å². The zero-order valence-corrected chi connectivity index (χ0v) is 15.8. The van der Waals surface area contributed by atoms with Crippen molar-refractivity contribution in [2.75, 3.05) is 10.2 Å². The maximum Gasteiger partial charge on any atom is 0.253 e. The first-order valence-electron chi connectivity index (χ1n) is 9.46. The van der Waals surface area contributed by atoms with E-state index in [2.05, 4.69) is 10.3 Å². The molecule has 0 aliphatic carbocycles. The fraction of sp³-hybridized carbons (Fsp3) is 0.136. The number of aromatic nitrogens is 2. The maximum atomic E-state index is 13.2. The van der Waals surface area contributed by atoms with E-state index in [0.29, 0.717) is 17.4 Å². The smallest absolute Gasteiger partial charge is 0.253 e. The minimum atomic E-state index is -0.734. The highest BCUT2D eigenvalue weighted by Crippen LogP contribution is 2.37. The third-order valence-electron chi connectivity index (χ3n) is 5.08. The SMILES string of the molecule is O=C(C[C@H]1C(=O)N(Cc2ccco2)c2nc3ccccc3n21)Nc1ccc(F)cc1. The van der Waals surface area contributed by atoms with Crippen molar-refractivity contribution in [1.29, 1.82) is 0 Å². The van der Waals surface area contributed by atoms with Crippen LogP contribution < -0.4 is 10.2 Å². The number of carbonyl (C=O) groups excluding carboxylic acids is 2.